The molecule has 1 amide bonds. The molecule has 0 spiro atoms. The van der Waals surface area contributed by atoms with Gasteiger partial charge in [0.1, 0.15) is 6.10 Å². The molecular formula is C5H9NO2. The summed E-state index contributed by atoms with van der Waals surface area (Å²) in [6, 6.07) is 0. The topological polar surface area (TPSA) is 38.3 Å². The zero-order valence-corrected chi connectivity index (χ0v) is 4.81. The van der Waals surface area contributed by atoms with E-state index in [2.05, 4.69) is 5.32 Å². The van der Waals surface area contributed by atoms with Crippen molar-refractivity contribution in [1.29, 1.82) is 0 Å². The Hall–Kier alpha value is -0.570. The van der Waals surface area contributed by atoms with E-state index in [-0.39, 0.29) is 12.0 Å². The van der Waals surface area contributed by atoms with Crippen molar-refractivity contribution in [3.63, 3.8) is 0 Å². The van der Waals surface area contributed by atoms with Gasteiger partial charge < -0.3 is 10.1 Å². The van der Waals surface area contributed by atoms with E-state index in [9.17, 15) is 4.79 Å². The van der Waals surface area contributed by atoms with Gasteiger partial charge >= 0.3 is 0 Å². The van der Waals surface area contributed by atoms with Crippen molar-refractivity contribution >= 4 is 5.91 Å². The van der Waals surface area contributed by atoms with Gasteiger partial charge in [-0.15, -0.1) is 0 Å². The highest BCUT2D eigenvalue weighted by atomic mass is 16.5. The van der Waals surface area contributed by atoms with Gasteiger partial charge in [-0.2, -0.15) is 0 Å². The van der Waals surface area contributed by atoms with Gasteiger partial charge in [-0.25, -0.2) is 0 Å². The summed E-state index contributed by atoms with van der Waals surface area (Å²) in [5, 5.41) is 2.66. The van der Waals surface area contributed by atoms with Crippen LogP contribution in [0.4, 0.5) is 0 Å². The standard InChI is InChI=1S/C5H9NO2/c1-8-4-2-3-6-5(4)7/h4H,2-3H2,1H3,(H,6,7)/t4-/m1/s1. The number of carbonyl (C=O) groups is 1. The number of carbonyl (C=O) groups excluding carboxylic acids is 1. The molecule has 0 saturated carbocycles. The SMILES string of the molecule is CO[C@@H]1CCNC1=O. The minimum Gasteiger partial charge on any atom is -0.372 e. The average molecular weight is 115 g/mol. The van der Waals surface area contributed by atoms with Crippen LogP contribution in [0.3, 0.4) is 0 Å². The summed E-state index contributed by atoms with van der Waals surface area (Å²) in [5.74, 6) is 0.0208. The number of ether oxygens (including phenoxy) is 1. The molecule has 8 heavy (non-hydrogen) atoms. The largest absolute Gasteiger partial charge is 0.372 e. The Morgan fingerprint density at radius 1 is 1.88 bits per heavy atom. The normalized spacial score (nSPS) is 28.1. The van der Waals surface area contributed by atoms with Crippen LogP contribution >= 0.6 is 0 Å². The van der Waals surface area contributed by atoms with Crippen molar-refractivity contribution in [3.05, 3.63) is 0 Å². The van der Waals surface area contributed by atoms with Crippen molar-refractivity contribution in [2.75, 3.05) is 13.7 Å². The highest BCUT2D eigenvalue weighted by Crippen LogP contribution is 2.01. The Bertz CT molecular complexity index is 103. The maximum atomic E-state index is 10.6. The summed E-state index contributed by atoms with van der Waals surface area (Å²) in [4.78, 5) is 10.6. The molecule has 46 valence electrons. The van der Waals surface area contributed by atoms with E-state index in [1.54, 1.807) is 7.11 Å². The molecule has 0 radical (unpaired) electrons. The molecular weight excluding hydrogens is 106 g/mol. The quantitative estimate of drug-likeness (QED) is 0.501. The number of rotatable bonds is 1. The van der Waals surface area contributed by atoms with E-state index in [0.717, 1.165) is 13.0 Å². The van der Waals surface area contributed by atoms with Crippen LogP contribution in [0.1, 0.15) is 6.42 Å². The van der Waals surface area contributed by atoms with E-state index in [1.165, 1.54) is 0 Å². The zero-order valence-electron chi connectivity index (χ0n) is 4.81. The molecule has 1 fully saturated rings. The van der Waals surface area contributed by atoms with Gasteiger partial charge in [-0.3, -0.25) is 4.79 Å². The molecule has 0 aromatic rings. The van der Waals surface area contributed by atoms with Crippen molar-refractivity contribution < 1.29 is 9.53 Å². The van der Waals surface area contributed by atoms with Crippen LogP contribution in [-0.4, -0.2) is 25.7 Å². The molecule has 1 N–H and O–H groups in total. The molecule has 1 aliphatic rings. The van der Waals surface area contributed by atoms with Crippen LogP contribution < -0.4 is 5.32 Å². The zero-order chi connectivity index (χ0) is 5.98. The Morgan fingerprint density at radius 3 is 2.88 bits per heavy atom. The lowest BCUT2D eigenvalue weighted by Gasteiger charge is -1.99. The monoisotopic (exact) mass is 115 g/mol. The number of amides is 1. The third-order valence-corrected chi connectivity index (χ3v) is 1.28. The number of hydrogen-bond donors (Lipinski definition) is 1. The minimum atomic E-state index is -0.185. The smallest absolute Gasteiger partial charge is 0.249 e. The molecule has 1 saturated heterocycles. The van der Waals surface area contributed by atoms with Crippen LogP contribution in [0.15, 0.2) is 0 Å². The van der Waals surface area contributed by atoms with Crippen LogP contribution in [0, 0.1) is 0 Å². The van der Waals surface area contributed by atoms with Crippen LogP contribution in [0.5, 0.6) is 0 Å². The van der Waals surface area contributed by atoms with E-state index in [0.29, 0.717) is 0 Å². The maximum absolute atomic E-state index is 10.6. The van der Waals surface area contributed by atoms with Crippen molar-refractivity contribution in [2.24, 2.45) is 0 Å². The lowest BCUT2D eigenvalue weighted by molar-refractivity contribution is -0.127. The van der Waals surface area contributed by atoms with Gasteiger partial charge in [0.2, 0.25) is 5.91 Å². The van der Waals surface area contributed by atoms with Crippen LogP contribution in [0.25, 0.3) is 0 Å². The summed E-state index contributed by atoms with van der Waals surface area (Å²) in [5.41, 5.74) is 0. The highest BCUT2D eigenvalue weighted by molar-refractivity contribution is 5.82. The third kappa shape index (κ3) is 0.816. The lowest BCUT2D eigenvalue weighted by atomic mass is 10.3. The molecule has 0 aromatic heterocycles. The third-order valence-electron chi connectivity index (χ3n) is 1.28. The first-order valence-electron chi connectivity index (χ1n) is 2.65. The molecule has 1 aliphatic heterocycles. The second-order valence-corrected chi connectivity index (χ2v) is 1.80. The first kappa shape index (κ1) is 5.56. The molecule has 0 aromatic carbocycles. The summed E-state index contributed by atoms with van der Waals surface area (Å²) in [7, 11) is 1.55. The number of nitrogens with one attached hydrogen (secondary N) is 1. The fourth-order valence-corrected chi connectivity index (χ4v) is 0.796. The molecule has 0 aliphatic carbocycles. The van der Waals surface area contributed by atoms with E-state index in [4.69, 9.17) is 4.74 Å². The summed E-state index contributed by atoms with van der Waals surface area (Å²) < 4.78 is 4.81. The molecule has 1 heterocycles. The number of methoxy groups -OCH3 is 1. The average Bonchev–Trinajstić information content (AvgIpc) is 2.14. The predicted molar refractivity (Wildman–Crippen MR) is 28.4 cm³/mol. The molecule has 1 rings (SSSR count). The Kier molecular flexibility index (Phi) is 1.48. The Labute approximate surface area is 48.0 Å². The van der Waals surface area contributed by atoms with E-state index < -0.39 is 0 Å². The van der Waals surface area contributed by atoms with Crippen LogP contribution in [-0.2, 0) is 9.53 Å². The van der Waals surface area contributed by atoms with Gasteiger partial charge in [-0.05, 0) is 6.42 Å². The molecule has 3 heteroatoms. The summed E-state index contributed by atoms with van der Waals surface area (Å²) >= 11 is 0. The van der Waals surface area contributed by atoms with Crippen molar-refractivity contribution in [2.45, 2.75) is 12.5 Å². The predicted octanol–water partition coefficient (Wildman–Crippen LogP) is -0.479. The fourth-order valence-electron chi connectivity index (χ4n) is 0.796. The first-order chi connectivity index (χ1) is 3.84. The van der Waals surface area contributed by atoms with E-state index >= 15 is 0 Å². The Morgan fingerprint density at radius 2 is 2.62 bits per heavy atom. The molecule has 0 bridgehead atoms. The van der Waals surface area contributed by atoms with Gasteiger partial charge in [0.05, 0.1) is 0 Å². The van der Waals surface area contributed by atoms with Gasteiger partial charge in [0, 0.05) is 13.7 Å². The Balaban J connectivity index is 2.42. The lowest BCUT2D eigenvalue weighted by Crippen LogP contribution is -2.23. The summed E-state index contributed by atoms with van der Waals surface area (Å²) in [6.07, 6.45) is 0.630. The van der Waals surface area contributed by atoms with Crippen LogP contribution in [0.2, 0.25) is 0 Å². The van der Waals surface area contributed by atoms with Gasteiger partial charge in [-0.1, -0.05) is 0 Å². The highest BCUT2D eigenvalue weighted by Gasteiger charge is 2.22. The molecule has 0 unspecified atom stereocenters. The maximum Gasteiger partial charge on any atom is 0.249 e. The fraction of sp³-hybridized carbons (Fsp3) is 0.800. The molecule has 3 nitrogen and oxygen atoms in total. The first-order valence-corrected chi connectivity index (χ1v) is 2.65. The number of hydrogen-bond acceptors (Lipinski definition) is 2. The van der Waals surface area contributed by atoms with Gasteiger partial charge in [0.15, 0.2) is 0 Å². The summed E-state index contributed by atoms with van der Waals surface area (Å²) in [6.45, 7) is 0.761. The van der Waals surface area contributed by atoms with Crippen molar-refractivity contribution in [3.8, 4) is 0 Å². The second-order valence-electron chi connectivity index (χ2n) is 1.80. The minimum absolute atomic E-state index is 0.0208. The van der Waals surface area contributed by atoms with Crippen molar-refractivity contribution in [1.82, 2.24) is 5.32 Å². The van der Waals surface area contributed by atoms with E-state index in [1.807, 2.05) is 0 Å². The molecule has 1 atom stereocenters. The second kappa shape index (κ2) is 2.13. The van der Waals surface area contributed by atoms with Gasteiger partial charge in [0.25, 0.3) is 0 Å².